The third-order valence-corrected chi connectivity index (χ3v) is 15.9. The van der Waals surface area contributed by atoms with Crippen molar-refractivity contribution in [3.63, 3.8) is 0 Å². The largest absolute Gasteiger partial charge is 0.491 e. The van der Waals surface area contributed by atoms with Gasteiger partial charge in [-0.05, 0) is 77.4 Å². The number of nitrogens with one attached hydrogen (secondary N) is 1. The van der Waals surface area contributed by atoms with Gasteiger partial charge in [0.1, 0.15) is 55.2 Å². The Morgan fingerprint density at radius 3 is 1.22 bits per heavy atom. The smallest absolute Gasteiger partial charge is 0.460 e. The molecule has 7 aromatic carbocycles. The van der Waals surface area contributed by atoms with Gasteiger partial charge in [0.2, 0.25) is 0 Å². The number of esters is 3. The van der Waals surface area contributed by atoms with Gasteiger partial charge in [0.05, 0.1) is 56.3 Å². The first-order chi connectivity index (χ1) is 49.1. The summed E-state index contributed by atoms with van der Waals surface area (Å²) in [6.07, 6.45) is -21.5. The lowest BCUT2D eigenvalue weighted by Gasteiger charge is -2.47. The highest BCUT2D eigenvalue weighted by atomic mass is 19.4. The van der Waals surface area contributed by atoms with E-state index >= 15 is 0 Å². The van der Waals surface area contributed by atoms with Gasteiger partial charge in [-0.25, -0.2) is 14.4 Å². The number of carbonyl (C=O) groups is 4. The van der Waals surface area contributed by atoms with Crippen LogP contribution in [0.3, 0.4) is 0 Å². The Hall–Kier alpha value is -9.21. The highest BCUT2D eigenvalue weighted by Crippen LogP contribution is 2.60. The zero-order valence-electron chi connectivity index (χ0n) is 54.1. The Labute approximate surface area is 580 Å². The summed E-state index contributed by atoms with van der Waals surface area (Å²) in [6.45, 7) is -3.89. The summed E-state index contributed by atoms with van der Waals surface area (Å²) in [5.41, 5.74) is 2.50. The summed E-state index contributed by atoms with van der Waals surface area (Å²) < 4.78 is 259. The molecule has 0 bridgehead atoms. The standard InChI is InChI=1S/C72H66F13NO17/c1-91-64-59(97-42-47-24-12-4-13-25-47)57(96-41-46-22-10-3-11-23-46)55(95-40-45-20-8-2-9-21-45)53(99-64)44-98-65-60(103-63(89)50-30-18-7-19-31-50)58(102-62(88)49-28-16-6-17-29-49)56(101-61(87)48-26-14-5-15-27-48)54(100-65)43-94-52-34-32-51(33-35-52)93-39-38-92-37-36-86-66(90)67(73,74)68(75,76)69(77,78)70(79,80)71(81,82)72(83,84)85/h2-35,53-60,64-65H,36-44H2,1H3,(H,86,90)/t53-,54-,55-,56-,57+,58+,59-,60-,64+,65-/m1/s1. The molecule has 7 aromatic rings. The summed E-state index contributed by atoms with van der Waals surface area (Å²) in [4.78, 5) is 55.2. The molecular formula is C72H66F13NO17. The average Bonchev–Trinajstić information content (AvgIpc) is 0.709. The molecule has 0 aliphatic carbocycles. The van der Waals surface area contributed by atoms with Crippen LogP contribution in [0.5, 0.6) is 11.5 Å². The zero-order valence-corrected chi connectivity index (χ0v) is 54.1. The van der Waals surface area contributed by atoms with Crippen molar-refractivity contribution in [1.82, 2.24) is 5.32 Å². The van der Waals surface area contributed by atoms with E-state index in [1.165, 1.54) is 67.8 Å². The number of hydrogen-bond acceptors (Lipinski definition) is 17. The first-order valence-corrected chi connectivity index (χ1v) is 31.5. The summed E-state index contributed by atoms with van der Waals surface area (Å²) in [6, 6.07) is 56.5. The number of hydrogen-bond donors (Lipinski definition) is 1. The maximum atomic E-state index is 14.5. The van der Waals surface area contributed by atoms with Crippen molar-refractivity contribution in [2.45, 2.75) is 117 Å². The second-order valence-corrected chi connectivity index (χ2v) is 23.0. The number of carbonyl (C=O) groups excluding carboxylic acids is 4. The molecule has 10 atom stereocenters. The monoisotopic (exact) mass is 1460 g/mol. The Morgan fingerprint density at radius 2 is 0.767 bits per heavy atom. The normalized spacial score (nSPS) is 21.2. The van der Waals surface area contributed by atoms with Gasteiger partial charge in [0.25, 0.3) is 5.91 Å². The van der Waals surface area contributed by atoms with Crippen molar-refractivity contribution >= 4 is 23.8 Å². The number of alkyl halides is 13. The molecule has 0 spiro atoms. The van der Waals surface area contributed by atoms with Gasteiger partial charge in [-0.3, -0.25) is 4.79 Å². The Balaban J connectivity index is 0.962. The van der Waals surface area contributed by atoms with Crippen molar-refractivity contribution in [2.24, 2.45) is 0 Å². The molecule has 552 valence electrons. The van der Waals surface area contributed by atoms with E-state index in [0.29, 0.717) is 0 Å². The molecule has 1 N–H and O–H groups in total. The van der Waals surface area contributed by atoms with Crippen LogP contribution in [0, 0.1) is 0 Å². The fourth-order valence-electron chi connectivity index (χ4n) is 10.5. The fraction of sp³-hybridized carbons (Fsp3) is 0.361. The molecule has 0 radical (unpaired) electrons. The van der Waals surface area contributed by atoms with Crippen LogP contribution in [0.1, 0.15) is 47.8 Å². The Bertz CT molecular complexity index is 3810. The SMILES string of the molecule is CO[C@H]1O[C@H](CO[C@@H]2O[C@H](COc3ccc(OCCOCCNC(=O)C(F)(F)C(F)(F)C(F)(F)C(F)(F)C(F)(F)C(F)(F)F)cc3)[C@@H](OC(=O)c3ccccc3)[C@H](OC(=O)c3ccccc3)[C@H]2OC(=O)c2ccccc2)[C@@H](OCc2ccccc2)[C@H](OCc2ccccc2)[C@H]1OCc1ccccc1. The Morgan fingerprint density at radius 1 is 0.379 bits per heavy atom. The van der Waals surface area contributed by atoms with Crippen LogP contribution in [0.25, 0.3) is 0 Å². The second-order valence-electron chi connectivity index (χ2n) is 23.0. The summed E-state index contributed by atoms with van der Waals surface area (Å²) in [7, 11) is 1.42. The van der Waals surface area contributed by atoms with Gasteiger partial charge in [-0.1, -0.05) is 146 Å². The van der Waals surface area contributed by atoms with Crippen LogP contribution in [-0.4, -0.2) is 168 Å². The molecule has 0 saturated carbocycles. The van der Waals surface area contributed by atoms with Crippen LogP contribution >= 0.6 is 0 Å². The molecule has 103 heavy (non-hydrogen) atoms. The maximum absolute atomic E-state index is 14.5. The van der Waals surface area contributed by atoms with Gasteiger partial charge in [-0.15, -0.1) is 0 Å². The quantitative estimate of drug-likeness (QED) is 0.0173. The average molecular weight is 1460 g/mol. The molecule has 2 aliphatic rings. The van der Waals surface area contributed by atoms with Crippen LogP contribution in [-0.2, 0) is 76.7 Å². The zero-order chi connectivity index (χ0) is 74.0. The molecule has 2 saturated heterocycles. The molecular weight excluding hydrogens is 1400 g/mol. The molecule has 0 aromatic heterocycles. The maximum Gasteiger partial charge on any atom is 0.460 e. The minimum atomic E-state index is -8.18. The third kappa shape index (κ3) is 19.0. The number of benzene rings is 7. The highest BCUT2D eigenvalue weighted by molar-refractivity contribution is 5.91. The van der Waals surface area contributed by atoms with E-state index in [1.54, 1.807) is 54.6 Å². The van der Waals surface area contributed by atoms with Gasteiger partial charge in [0, 0.05) is 13.7 Å². The van der Waals surface area contributed by atoms with Crippen LogP contribution in [0.15, 0.2) is 206 Å². The van der Waals surface area contributed by atoms with Crippen molar-refractivity contribution in [1.29, 1.82) is 0 Å². The number of methoxy groups -OCH3 is 1. The number of ether oxygens (including phenoxy) is 13. The third-order valence-electron chi connectivity index (χ3n) is 15.9. The van der Waals surface area contributed by atoms with Gasteiger partial charge < -0.3 is 66.9 Å². The highest BCUT2D eigenvalue weighted by Gasteiger charge is 2.91. The molecule has 2 heterocycles. The topological polar surface area (TPSA) is 200 Å². The van der Waals surface area contributed by atoms with Crippen molar-refractivity contribution in [3.8, 4) is 11.5 Å². The van der Waals surface area contributed by atoms with E-state index in [4.69, 9.17) is 61.6 Å². The molecule has 18 nitrogen and oxygen atoms in total. The van der Waals surface area contributed by atoms with Crippen LogP contribution in [0.2, 0.25) is 0 Å². The van der Waals surface area contributed by atoms with Gasteiger partial charge in [-0.2, -0.15) is 57.1 Å². The summed E-state index contributed by atoms with van der Waals surface area (Å²) in [5, 5.41) is 0.938. The molecule has 2 aliphatic heterocycles. The first kappa shape index (κ1) is 77.9. The number of rotatable bonds is 34. The molecule has 9 rings (SSSR count). The Kier molecular flexibility index (Phi) is 26.4. The second kappa shape index (κ2) is 34.8. The van der Waals surface area contributed by atoms with E-state index < -0.39 is 161 Å². The molecule has 31 heteroatoms. The van der Waals surface area contributed by atoms with E-state index in [1.807, 2.05) is 91.0 Å². The van der Waals surface area contributed by atoms with Crippen molar-refractivity contribution < 1.29 is 138 Å². The summed E-state index contributed by atoms with van der Waals surface area (Å²) >= 11 is 0. The predicted octanol–water partition coefficient (Wildman–Crippen LogP) is 12.9. The van der Waals surface area contributed by atoms with E-state index in [0.717, 1.165) is 22.0 Å². The van der Waals surface area contributed by atoms with E-state index in [9.17, 15) is 76.3 Å². The van der Waals surface area contributed by atoms with Crippen LogP contribution in [0.4, 0.5) is 57.1 Å². The van der Waals surface area contributed by atoms with Crippen molar-refractivity contribution in [3.05, 3.63) is 240 Å². The fourth-order valence-corrected chi connectivity index (χ4v) is 10.5. The van der Waals surface area contributed by atoms with Gasteiger partial charge in [0.15, 0.2) is 30.9 Å². The van der Waals surface area contributed by atoms with E-state index in [2.05, 4.69) is 0 Å². The lowest BCUT2D eigenvalue weighted by molar-refractivity contribution is -0.436. The number of amides is 1. The van der Waals surface area contributed by atoms with Gasteiger partial charge >= 0.3 is 53.7 Å². The lowest BCUT2D eigenvalue weighted by Crippen LogP contribution is -2.72. The predicted molar refractivity (Wildman–Crippen MR) is 334 cm³/mol. The van der Waals surface area contributed by atoms with E-state index in [-0.39, 0.29) is 48.0 Å². The first-order valence-electron chi connectivity index (χ1n) is 31.5. The summed E-state index contributed by atoms with van der Waals surface area (Å²) in [5.74, 6) is -45.3. The van der Waals surface area contributed by atoms with Crippen LogP contribution < -0.4 is 14.8 Å². The molecule has 1 amide bonds. The number of halogens is 13. The molecule has 0 unspecified atom stereocenters. The minimum absolute atomic E-state index is 0.0213. The minimum Gasteiger partial charge on any atom is -0.491 e. The van der Waals surface area contributed by atoms with Crippen molar-refractivity contribution in [2.75, 3.05) is 46.7 Å². The molecule has 2 fully saturated rings. The lowest BCUT2D eigenvalue weighted by atomic mass is 9.93.